The van der Waals surface area contributed by atoms with Crippen molar-refractivity contribution in [1.29, 1.82) is 0 Å². The van der Waals surface area contributed by atoms with E-state index in [9.17, 15) is 22.8 Å². The first-order valence-electron chi connectivity index (χ1n) is 4.58. The third-order valence-corrected chi connectivity index (χ3v) is 1.74. The maximum atomic E-state index is 11.7. The van der Waals surface area contributed by atoms with Gasteiger partial charge < -0.3 is 5.32 Å². The molecule has 15 heavy (non-hydrogen) atoms. The van der Waals surface area contributed by atoms with Crippen LogP contribution < -0.4 is 5.32 Å². The minimum Gasteiger partial charge on any atom is -0.349 e. The Kier molecular flexibility index (Phi) is 5.32. The highest BCUT2D eigenvalue weighted by Gasteiger charge is 2.27. The minimum absolute atomic E-state index is 0.199. The molecule has 0 saturated heterocycles. The van der Waals surface area contributed by atoms with Crippen LogP contribution in [0.4, 0.5) is 13.2 Å². The van der Waals surface area contributed by atoms with E-state index < -0.39 is 24.9 Å². The van der Waals surface area contributed by atoms with Gasteiger partial charge in [-0.2, -0.15) is 13.2 Å². The summed E-state index contributed by atoms with van der Waals surface area (Å²) < 4.78 is 35.1. The summed E-state index contributed by atoms with van der Waals surface area (Å²) in [6, 6.07) is 0. The predicted octanol–water partition coefficient (Wildman–Crippen LogP) is 1.67. The Morgan fingerprint density at radius 2 is 1.80 bits per heavy atom. The number of amides is 1. The van der Waals surface area contributed by atoms with Gasteiger partial charge in [-0.3, -0.25) is 9.59 Å². The number of carbonyl (C=O) groups is 2. The molecule has 0 aromatic carbocycles. The predicted molar refractivity (Wildman–Crippen MR) is 48.1 cm³/mol. The summed E-state index contributed by atoms with van der Waals surface area (Å²) in [5, 5.41) is 2.15. The molecule has 0 spiro atoms. The second-order valence-corrected chi connectivity index (χ2v) is 3.51. The first-order valence-corrected chi connectivity index (χ1v) is 4.58. The van der Waals surface area contributed by atoms with E-state index in [0.29, 0.717) is 0 Å². The van der Waals surface area contributed by atoms with Crippen LogP contribution in [-0.4, -0.2) is 24.4 Å². The fraction of sp³-hybridized carbons (Fsp3) is 0.778. The average molecular weight is 225 g/mol. The SMILES string of the molecule is CC(C)C(=O)CNC(=O)CCC(F)(F)F. The van der Waals surface area contributed by atoms with Gasteiger partial charge in [-0.05, 0) is 0 Å². The molecule has 6 heteroatoms. The van der Waals surface area contributed by atoms with Crippen LogP contribution in [0.2, 0.25) is 0 Å². The number of alkyl halides is 3. The normalized spacial score (nSPS) is 11.6. The quantitative estimate of drug-likeness (QED) is 0.773. The van der Waals surface area contributed by atoms with Crippen LogP contribution in [0.25, 0.3) is 0 Å². The number of carbonyl (C=O) groups excluding carboxylic acids is 2. The Hall–Kier alpha value is -1.07. The van der Waals surface area contributed by atoms with Gasteiger partial charge in [0.15, 0.2) is 5.78 Å². The highest BCUT2D eigenvalue weighted by atomic mass is 19.4. The molecule has 0 aromatic heterocycles. The van der Waals surface area contributed by atoms with Crippen LogP contribution >= 0.6 is 0 Å². The van der Waals surface area contributed by atoms with Gasteiger partial charge in [0.2, 0.25) is 5.91 Å². The summed E-state index contributed by atoms with van der Waals surface area (Å²) in [6.07, 6.45) is -6.12. The van der Waals surface area contributed by atoms with E-state index in [1.165, 1.54) is 0 Å². The zero-order valence-corrected chi connectivity index (χ0v) is 8.65. The van der Waals surface area contributed by atoms with Gasteiger partial charge in [0.1, 0.15) is 0 Å². The van der Waals surface area contributed by atoms with Gasteiger partial charge in [0.25, 0.3) is 0 Å². The fourth-order valence-corrected chi connectivity index (χ4v) is 0.733. The highest BCUT2D eigenvalue weighted by Crippen LogP contribution is 2.20. The Bertz CT molecular complexity index is 236. The van der Waals surface area contributed by atoms with Gasteiger partial charge in [0, 0.05) is 12.3 Å². The highest BCUT2D eigenvalue weighted by molar-refractivity contribution is 5.87. The molecule has 0 saturated carbocycles. The van der Waals surface area contributed by atoms with Gasteiger partial charge in [0.05, 0.1) is 13.0 Å². The third kappa shape index (κ3) is 7.96. The number of ketones is 1. The van der Waals surface area contributed by atoms with Crippen LogP contribution in [0, 0.1) is 5.92 Å². The smallest absolute Gasteiger partial charge is 0.349 e. The Labute approximate surface area is 86.0 Å². The maximum absolute atomic E-state index is 11.7. The number of hydrogen-bond donors (Lipinski definition) is 1. The molecule has 0 fully saturated rings. The molecule has 88 valence electrons. The van der Waals surface area contributed by atoms with Crippen LogP contribution in [0.1, 0.15) is 26.7 Å². The van der Waals surface area contributed by atoms with Gasteiger partial charge in [-0.15, -0.1) is 0 Å². The second-order valence-electron chi connectivity index (χ2n) is 3.51. The van der Waals surface area contributed by atoms with E-state index in [-0.39, 0.29) is 18.2 Å². The lowest BCUT2D eigenvalue weighted by molar-refractivity contribution is -0.144. The summed E-state index contributed by atoms with van der Waals surface area (Å²) in [6.45, 7) is 3.11. The number of nitrogens with one attached hydrogen (secondary N) is 1. The van der Waals surface area contributed by atoms with Crippen molar-refractivity contribution in [3.63, 3.8) is 0 Å². The van der Waals surface area contributed by atoms with E-state index in [0.717, 1.165) is 0 Å². The van der Waals surface area contributed by atoms with E-state index in [4.69, 9.17) is 0 Å². The van der Waals surface area contributed by atoms with Crippen LogP contribution in [0.15, 0.2) is 0 Å². The molecule has 0 bridgehead atoms. The number of Topliss-reactive ketones (excluding diaryl/α,β-unsaturated/α-hetero) is 1. The monoisotopic (exact) mass is 225 g/mol. The maximum Gasteiger partial charge on any atom is 0.389 e. The summed E-state index contributed by atoms with van der Waals surface area (Å²) in [5.74, 6) is -1.18. The molecule has 0 heterocycles. The molecule has 0 aliphatic carbocycles. The summed E-state index contributed by atoms with van der Waals surface area (Å²) in [4.78, 5) is 21.9. The fourth-order valence-electron chi connectivity index (χ4n) is 0.733. The summed E-state index contributed by atoms with van der Waals surface area (Å²) in [5.41, 5.74) is 0. The number of hydrogen-bond acceptors (Lipinski definition) is 2. The van der Waals surface area contributed by atoms with E-state index >= 15 is 0 Å². The molecule has 0 aliphatic heterocycles. The summed E-state index contributed by atoms with van der Waals surface area (Å²) in [7, 11) is 0. The van der Waals surface area contributed by atoms with Crippen molar-refractivity contribution >= 4 is 11.7 Å². The Morgan fingerprint density at radius 1 is 1.27 bits per heavy atom. The van der Waals surface area contributed by atoms with Crippen LogP contribution in [0.3, 0.4) is 0 Å². The van der Waals surface area contributed by atoms with Crippen molar-refractivity contribution in [1.82, 2.24) is 5.32 Å². The molecular formula is C9H14F3NO2. The van der Waals surface area contributed by atoms with E-state index in [2.05, 4.69) is 5.32 Å². The van der Waals surface area contributed by atoms with Gasteiger partial charge in [-0.1, -0.05) is 13.8 Å². The topological polar surface area (TPSA) is 46.2 Å². The zero-order valence-electron chi connectivity index (χ0n) is 8.65. The molecule has 0 aromatic rings. The second kappa shape index (κ2) is 5.72. The molecule has 0 aliphatic rings. The molecule has 0 rings (SSSR count). The molecule has 3 nitrogen and oxygen atoms in total. The van der Waals surface area contributed by atoms with Crippen molar-refractivity contribution in [3.8, 4) is 0 Å². The Morgan fingerprint density at radius 3 is 2.20 bits per heavy atom. The van der Waals surface area contributed by atoms with Crippen molar-refractivity contribution < 1.29 is 22.8 Å². The molecule has 0 atom stereocenters. The zero-order chi connectivity index (χ0) is 12.1. The van der Waals surface area contributed by atoms with Crippen LogP contribution in [-0.2, 0) is 9.59 Å². The third-order valence-electron chi connectivity index (χ3n) is 1.74. The summed E-state index contributed by atoms with van der Waals surface area (Å²) >= 11 is 0. The van der Waals surface area contributed by atoms with Gasteiger partial charge >= 0.3 is 6.18 Å². The molecular weight excluding hydrogens is 211 g/mol. The van der Waals surface area contributed by atoms with E-state index in [1.807, 2.05) is 0 Å². The average Bonchev–Trinajstić information content (AvgIpc) is 2.09. The Balaban J connectivity index is 3.72. The first kappa shape index (κ1) is 13.9. The van der Waals surface area contributed by atoms with Crippen molar-refractivity contribution in [3.05, 3.63) is 0 Å². The molecule has 1 N–H and O–H groups in total. The lowest BCUT2D eigenvalue weighted by atomic mass is 10.1. The lowest BCUT2D eigenvalue weighted by Crippen LogP contribution is -2.32. The molecule has 1 amide bonds. The lowest BCUT2D eigenvalue weighted by Gasteiger charge is -2.08. The number of rotatable bonds is 5. The molecule has 0 radical (unpaired) electrons. The first-order chi connectivity index (χ1) is 6.72. The van der Waals surface area contributed by atoms with Crippen molar-refractivity contribution in [2.24, 2.45) is 5.92 Å². The molecule has 0 unspecified atom stereocenters. The number of halogens is 3. The van der Waals surface area contributed by atoms with Gasteiger partial charge in [-0.25, -0.2) is 0 Å². The minimum atomic E-state index is -4.33. The standard InChI is InChI=1S/C9H14F3NO2/c1-6(2)7(14)5-13-8(15)3-4-9(10,11)12/h6H,3-5H2,1-2H3,(H,13,15). The van der Waals surface area contributed by atoms with Crippen LogP contribution in [0.5, 0.6) is 0 Å². The largest absolute Gasteiger partial charge is 0.389 e. The van der Waals surface area contributed by atoms with E-state index in [1.54, 1.807) is 13.8 Å². The van der Waals surface area contributed by atoms with Crippen molar-refractivity contribution in [2.45, 2.75) is 32.9 Å². The van der Waals surface area contributed by atoms with Crippen molar-refractivity contribution in [2.75, 3.05) is 6.54 Å².